The highest BCUT2D eigenvalue weighted by atomic mass is 16.3. The number of hydrogen-bond acceptors (Lipinski definition) is 5. The van der Waals surface area contributed by atoms with Crippen LogP contribution >= 0.6 is 0 Å². The first-order chi connectivity index (χ1) is 14.6. The number of carbonyl (C=O) groups is 1. The maximum Gasteiger partial charge on any atom is 0.240 e. The van der Waals surface area contributed by atoms with Crippen molar-refractivity contribution in [3.63, 3.8) is 0 Å². The van der Waals surface area contributed by atoms with Gasteiger partial charge in [0.15, 0.2) is 0 Å². The van der Waals surface area contributed by atoms with Crippen LogP contribution in [0, 0.1) is 0 Å². The van der Waals surface area contributed by atoms with Crippen LogP contribution in [0.2, 0.25) is 0 Å². The van der Waals surface area contributed by atoms with Gasteiger partial charge in [0.1, 0.15) is 0 Å². The number of piperazine rings is 1. The van der Waals surface area contributed by atoms with Crippen LogP contribution < -0.4 is 0 Å². The van der Waals surface area contributed by atoms with Crippen molar-refractivity contribution in [3.8, 4) is 0 Å². The highest BCUT2D eigenvalue weighted by molar-refractivity contribution is 5.82. The van der Waals surface area contributed by atoms with Crippen molar-refractivity contribution in [2.45, 2.75) is 57.3 Å². The van der Waals surface area contributed by atoms with Crippen LogP contribution in [0.4, 0.5) is 0 Å². The van der Waals surface area contributed by atoms with Crippen molar-refractivity contribution in [2.24, 2.45) is 0 Å². The van der Waals surface area contributed by atoms with Gasteiger partial charge in [0.05, 0.1) is 12.1 Å². The molecule has 1 N–H and O–H groups in total. The lowest BCUT2D eigenvalue weighted by Gasteiger charge is -2.41. The van der Waals surface area contributed by atoms with E-state index in [1.807, 2.05) is 4.90 Å². The topological polar surface area (TPSA) is 50.3 Å². The molecule has 1 amide bonds. The van der Waals surface area contributed by atoms with Gasteiger partial charge in [0.2, 0.25) is 5.91 Å². The average molecular weight is 415 g/mol. The largest absolute Gasteiger partial charge is 0.392 e. The van der Waals surface area contributed by atoms with Gasteiger partial charge >= 0.3 is 0 Å². The fourth-order valence-corrected chi connectivity index (χ4v) is 5.45. The second kappa shape index (κ2) is 10.2. The molecule has 3 aliphatic rings. The van der Waals surface area contributed by atoms with Gasteiger partial charge in [0, 0.05) is 45.3 Å². The van der Waals surface area contributed by atoms with E-state index in [0.29, 0.717) is 19.0 Å². The molecule has 3 fully saturated rings. The zero-order chi connectivity index (χ0) is 20.9. The summed E-state index contributed by atoms with van der Waals surface area (Å²) < 4.78 is 0. The molecule has 3 heterocycles. The molecule has 30 heavy (non-hydrogen) atoms. The molecule has 4 rings (SSSR count). The van der Waals surface area contributed by atoms with Crippen molar-refractivity contribution in [1.82, 2.24) is 19.6 Å². The molecule has 0 bridgehead atoms. The average Bonchev–Trinajstić information content (AvgIpc) is 3.17. The van der Waals surface area contributed by atoms with Gasteiger partial charge in [-0.15, -0.1) is 0 Å². The number of piperidine rings is 1. The maximum absolute atomic E-state index is 13.3. The first kappa shape index (κ1) is 21.8. The standard InChI is InChI=1S/C24H38N4O2/c1-2-10-25-13-15-27(16-14-25)24(30)23-17-22(29)19-28(23)21-8-11-26(12-9-21)18-20-6-4-3-5-7-20/h3-7,21-23,29H,2,8-19H2,1H3/t22-,23+/m1/s1. The molecular formula is C24H38N4O2. The van der Waals surface area contributed by atoms with Crippen LogP contribution in [-0.2, 0) is 11.3 Å². The van der Waals surface area contributed by atoms with Gasteiger partial charge in [-0.25, -0.2) is 0 Å². The summed E-state index contributed by atoms with van der Waals surface area (Å²) in [5.41, 5.74) is 1.36. The Bertz CT molecular complexity index is 669. The molecule has 0 aromatic heterocycles. The minimum Gasteiger partial charge on any atom is -0.392 e. The quantitative estimate of drug-likeness (QED) is 0.767. The lowest BCUT2D eigenvalue weighted by atomic mass is 10.0. The van der Waals surface area contributed by atoms with E-state index >= 15 is 0 Å². The summed E-state index contributed by atoms with van der Waals surface area (Å²) in [7, 11) is 0. The number of aliphatic hydroxyl groups excluding tert-OH is 1. The molecule has 3 saturated heterocycles. The SMILES string of the molecule is CCCN1CCN(C(=O)[C@@H]2C[C@@H](O)CN2C2CCN(Cc3ccccc3)CC2)CC1. The highest BCUT2D eigenvalue weighted by Crippen LogP contribution is 2.28. The van der Waals surface area contributed by atoms with Gasteiger partial charge in [-0.2, -0.15) is 0 Å². The van der Waals surface area contributed by atoms with Gasteiger partial charge in [0.25, 0.3) is 0 Å². The molecule has 3 aliphatic heterocycles. The van der Waals surface area contributed by atoms with Crippen LogP contribution in [-0.4, -0.2) is 101 Å². The molecule has 6 nitrogen and oxygen atoms in total. The summed E-state index contributed by atoms with van der Waals surface area (Å²) in [4.78, 5) is 22.7. The van der Waals surface area contributed by atoms with Crippen molar-refractivity contribution >= 4 is 5.91 Å². The van der Waals surface area contributed by atoms with Gasteiger partial charge < -0.3 is 10.0 Å². The third-order valence-electron chi connectivity index (χ3n) is 7.10. The first-order valence-corrected chi connectivity index (χ1v) is 11.8. The van der Waals surface area contributed by atoms with Crippen LogP contribution in [0.25, 0.3) is 0 Å². The van der Waals surface area contributed by atoms with E-state index in [1.165, 1.54) is 12.0 Å². The molecular weight excluding hydrogens is 376 g/mol. The number of amides is 1. The molecule has 0 aliphatic carbocycles. The molecule has 0 unspecified atom stereocenters. The molecule has 0 spiro atoms. The second-order valence-corrected chi connectivity index (χ2v) is 9.26. The van der Waals surface area contributed by atoms with Gasteiger partial charge in [-0.05, 0) is 50.9 Å². The predicted molar refractivity (Wildman–Crippen MR) is 119 cm³/mol. The van der Waals surface area contributed by atoms with Crippen LogP contribution in [0.5, 0.6) is 0 Å². The highest BCUT2D eigenvalue weighted by Gasteiger charge is 2.42. The molecule has 6 heteroatoms. The van der Waals surface area contributed by atoms with E-state index < -0.39 is 0 Å². The molecule has 0 radical (unpaired) electrons. The molecule has 2 atom stereocenters. The lowest BCUT2D eigenvalue weighted by Crippen LogP contribution is -2.56. The van der Waals surface area contributed by atoms with Gasteiger partial charge in [-0.3, -0.25) is 19.5 Å². The van der Waals surface area contributed by atoms with E-state index in [2.05, 4.69) is 52.0 Å². The predicted octanol–water partition coefficient (Wildman–Crippen LogP) is 1.64. The van der Waals surface area contributed by atoms with E-state index in [4.69, 9.17) is 0 Å². The number of rotatable bonds is 6. The normalized spacial score (nSPS) is 27.6. The number of likely N-dealkylation sites (tertiary alicyclic amines) is 2. The first-order valence-electron chi connectivity index (χ1n) is 11.8. The third kappa shape index (κ3) is 5.22. The van der Waals surface area contributed by atoms with Crippen LogP contribution in [0.15, 0.2) is 30.3 Å². The Kier molecular flexibility index (Phi) is 7.41. The van der Waals surface area contributed by atoms with Crippen molar-refractivity contribution < 1.29 is 9.90 Å². The molecule has 1 aromatic carbocycles. The minimum atomic E-state index is -0.373. The zero-order valence-electron chi connectivity index (χ0n) is 18.5. The Hall–Kier alpha value is -1.47. The third-order valence-corrected chi connectivity index (χ3v) is 7.10. The summed E-state index contributed by atoms with van der Waals surface area (Å²) in [5.74, 6) is 0.245. The fraction of sp³-hybridized carbons (Fsp3) is 0.708. The van der Waals surface area contributed by atoms with Gasteiger partial charge in [-0.1, -0.05) is 37.3 Å². The Morgan fingerprint density at radius 3 is 2.37 bits per heavy atom. The number of aliphatic hydroxyl groups is 1. The van der Waals surface area contributed by atoms with Crippen molar-refractivity contribution in [3.05, 3.63) is 35.9 Å². The second-order valence-electron chi connectivity index (χ2n) is 9.26. The maximum atomic E-state index is 13.3. The minimum absolute atomic E-state index is 0.136. The van der Waals surface area contributed by atoms with Crippen molar-refractivity contribution in [2.75, 3.05) is 52.4 Å². The Labute approximate surface area is 181 Å². The molecule has 1 aromatic rings. The smallest absolute Gasteiger partial charge is 0.240 e. The fourth-order valence-electron chi connectivity index (χ4n) is 5.45. The number of carbonyl (C=O) groups excluding carboxylic acids is 1. The number of hydrogen-bond donors (Lipinski definition) is 1. The van der Waals surface area contributed by atoms with Crippen LogP contribution in [0.1, 0.15) is 38.2 Å². The van der Waals surface area contributed by atoms with E-state index in [9.17, 15) is 9.90 Å². The Morgan fingerprint density at radius 1 is 1.00 bits per heavy atom. The Balaban J connectivity index is 1.30. The summed E-state index contributed by atoms with van der Waals surface area (Å²) in [6.45, 7) is 10.7. The van der Waals surface area contributed by atoms with Crippen LogP contribution in [0.3, 0.4) is 0 Å². The summed E-state index contributed by atoms with van der Waals surface area (Å²) in [5, 5.41) is 10.4. The summed E-state index contributed by atoms with van der Waals surface area (Å²) in [6, 6.07) is 10.9. The van der Waals surface area contributed by atoms with E-state index in [0.717, 1.165) is 65.2 Å². The number of β-amino-alcohol motifs (C(OH)–C–C–N with tert-alkyl or cyclic N) is 1. The van der Waals surface area contributed by atoms with E-state index in [-0.39, 0.29) is 18.1 Å². The summed E-state index contributed by atoms with van der Waals surface area (Å²) in [6.07, 6.45) is 3.54. The Morgan fingerprint density at radius 2 is 1.70 bits per heavy atom. The zero-order valence-corrected chi connectivity index (χ0v) is 18.5. The number of nitrogens with zero attached hydrogens (tertiary/aromatic N) is 4. The summed E-state index contributed by atoms with van der Waals surface area (Å²) >= 11 is 0. The molecule has 0 saturated carbocycles. The number of benzene rings is 1. The lowest BCUT2D eigenvalue weighted by molar-refractivity contribution is -0.139. The monoisotopic (exact) mass is 414 g/mol. The molecule has 166 valence electrons. The van der Waals surface area contributed by atoms with E-state index in [1.54, 1.807) is 0 Å². The van der Waals surface area contributed by atoms with Crippen molar-refractivity contribution in [1.29, 1.82) is 0 Å².